The molecule has 94 valence electrons. The summed E-state index contributed by atoms with van der Waals surface area (Å²) in [7, 11) is -4.67. The van der Waals surface area contributed by atoms with Crippen molar-refractivity contribution in [3.8, 4) is 0 Å². The zero-order valence-corrected chi connectivity index (χ0v) is 9.16. The van der Waals surface area contributed by atoms with Gasteiger partial charge >= 0.3 is 15.9 Å². The van der Waals surface area contributed by atoms with Crippen molar-refractivity contribution in [2.24, 2.45) is 0 Å². The number of nitrogens with zero attached hydrogens (tertiary/aromatic N) is 3. The summed E-state index contributed by atoms with van der Waals surface area (Å²) in [6, 6.07) is 2.83. The van der Waals surface area contributed by atoms with Crippen molar-refractivity contribution in [1.29, 1.82) is 0 Å². The van der Waals surface area contributed by atoms with Crippen LogP contribution in [-0.4, -0.2) is 28.7 Å². The van der Waals surface area contributed by atoms with E-state index < -0.39 is 46.4 Å². The topological polar surface area (TPSA) is 141 Å². The minimum Gasteiger partial charge on any atom is -0.261 e. The first-order valence-corrected chi connectivity index (χ1v) is 5.74. The van der Waals surface area contributed by atoms with E-state index in [1.165, 1.54) is 0 Å². The summed E-state index contributed by atoms with van der Waals surface area (Å²) in [4.78, 5) is 31.1. The number of benzene rings is 1. The quantitative estimate of drug-likeness (QED) is 0.542. The number of carbonyl (C=O) groups excluding carboxylic acids is 1. The van der Waals surface area contributed by atoms with Gasteiger partial charge in [-0.05, 0) is 6.07 Å². The third-order valence-electron chi connectivity index (χ3n) is 2.24. The molecule has 1 heterocycles. The number of nitro groups is 2. The second-order valence-corrected chi connectivity index (χ2v) is 4.93. The Kier molecular flexibility index (Phi) is 2.29. The highest BCUT2D eigenvalue weighted by Gasteiger charge is 2.53. The summed E-state index contributed by atoms with van der Waals surface area (Å²) in [6.45, 7) is 0. The highest BCUT2D eigenvalue weighted by Crippen LogP contribution is 2.35. The van der Waals surface area contributed by atoms with E-state index >= 15 is 0 Å². The summed E-state index contributed by atoms with van der Waals surface area (Å²) in [5.74, 6) is -1.54. The maximum absolute atomic E-state index is 11.7. The van der Waals surface area contributed by atoms with Crippen LogP contribution in [0.5, 0.6) is 0 Å². The highest BCUT2D eigenvalue weighted by molar-refractivity contribution is 7.90. The molecular formula is C7H3N3O7S. The van der Waals surface area contributed by atoms with E-state index in [1.807, 2.05) is 0 Å². The van der Waals surface area contributed by atoms with Crippen molar-refractivity contribution in [1.82, 2.24) is 4.41 Å². The molecule has 0 saturated carbocycles. The second kappa shape index (κ2) is 3.46. The van der Waals surface area contributed by atoms with E-state index in [9.17, 15) is 33.4 Å². The molecule has 0 N–H and O–H groups in total. The summed E-state index contributed by atoms with van der Waals surface area (Å²) in [5, 5.41) is 19.8. The molecule has 18 heavy (non-hydrogen) atoms. The van der Waals surface area contributed by atoms with Gasteiger partial charge in [-0.25, -0.2) is 10.1 Å². The fourth-order valence-corrected chi connectivity index (χ4v) is 2.93. The summed E-state index contributed by atoms with van der Waals surface area (Å²) in [6.07, 6.45) is 0. The molecule has 1 amide bonds. The molecule has 0 bridgehead atoms. The number of hydrogen-bond donors (Lipinski definition) is 0. The lowest BCUT2D eigenvalue weighted by Gasteiger charge is -2.01. The third-order valence-corrected chi connectivity index (χ3v) is 3.89. The maximum atomic E-state index is 11.7. The molecule has 11 heteroatoms. The highest BCUT2D eigenvalue weighted by atomic mass is 32.2. The van der Waals surface area contributed by atoms with Crippen molar-refractivity contribution in [2.75, 3.05) is 0 Å². The van der Waals surface area contributed by atoms with Gasteiger partial charge in [-0.15, -0.1) is 0 Å². The minimum atomic E-state index is -4.67. The van der Waals surface area contributed by atoms with Crippen molar-refractivity contribution >= 4 is 21.6 Å². The van der Waals surface area contributed by atoms with E-state index in [2.05, 4.69) is 0 Å². The van der Waals surface area contributed by atoms with Crippen molar-refractivity contribution in [2.45, 2.75) is 4.90 Å². The first-order chi connectivity index (χ1) is 8.28. The molecule has 0 aliphatic carbocycles. The summed E-state index contributed by atoms with van der Waals surface area (Å²) < 4.78 is 22.7. The number of nitro benzene ring substituents is 1. The van der Waals surface area contributed by atoms with Crippen LogP contribution in [0.25, 0.3) is 0 Å². The van der Waals surface area contributed by atoms with Gasteiger partial charge in [0, 0.05) is 6.07 Å². The molecule has 10 nitrogen and oxygen atoms in total. The fourth-order valence-electron chi connectivity index (χ4n) is 1.56. The van der Waals surface area contributed by atoms with Crippen LogP contribution in [0, 0.1) is 20.2 Å². The zero-order valence-electron chi connectivity index (χ0n) is 8.34. The Hall–Kier alpha value is -2.56. The number of hydrazine groups is 1. The first-order valence-electron chi connectivity index (χ1n) is 4.30. The fraction of sp³-hybridized carbons (Fsp3) is 0. The van der Waals surface area contributed by atoms with Crippen LogP contribution >= 0.6 is 0 Å². The van der Waals surface area contributed by atoms with Gasteiger partial charge < -0.3 is 0 Å². The Morgan fingerprint density at radius 3 is 2.28 bits per heavy atom. The molecule has 0 saturated heterocycles. The third kappa shape index (κ3) is 1.34. The van der Waals surface area contributed by atoms with Crippen LogP contribution in [-0.2, 0) is 10.0 Å². The van der Waals surface area contributed by atoms with Gasteiger partial charge in [0.05, 0.1) is 9.34 Å². The van der Waals surface area contributed by atoms with Gasteiger partial charge in [-0.2, -0.15) is 8.42 Å². The molecule has 0 fully saturated rings. The van der Waals surface area contributed by atoms with Crippen molar-refractivity contribution in [3.63, 3.8) is 0 Å². The van der Waals surface area contributed by atoms with Gasteiger partial charge in [0.2, 0.25) is 0 Å². The normalized spacial score (nSPS) is 16.4. The van der Waals surface area contributed by atoms with E-state index in [0.717, 1.165) is 18.2 Å². The van der Waals surface area contributed by atoms with Crippen LogP contribution in [0.1, 0.15) is 10.4 Å². The predicted molar refractivity (Wildman–Crippen MR) is 53.4 cm³/mol. The molecule has 0 spiro atoms. The molecule has 1 aromatic rings. The van der Waals surface area contributed by atoms with Crippen LogP contribution in [0.3, 0.4) is 0 Å². The Bertz CT molecular complexity index is 695. The first kappa shape index (κ1) is 11.9. The smallest absolute Gasteiger partial charge is 0.261 e. The summed E-state index contributed by atoms with van der Waals surface area (Å²) in [5.41, 5.74) is -1.58. The molecule has 1 aliphatic rings. The van der Waals surface area contributed by atoms with Gasteiger partial charge in [0.1, 0.15) is 10.5 Å². The largest absolute Gasteiger partial charge is 0.341 e. The van der Waals surface area contributed by atoms with E-state index in [1.54, 1.807) is 0 Å². The minimum absolute atomic E-state index is 0.606. The Morgan fingerprint density at radius 1 is 1.17 bits per heavy atom. The zero-order chi connectivity index (χ0) is 13.7. The van der Waals surface area contributed by atoms with E-state index in [-0.39, 0.29) is 0 Å². The second-order valence-electron chi connectivity index (χ2n) is 3.20. The standard InChI is InChI=1S/C7H3N3O7S/c11-7-6-4(9(12)13)2-1-3-5(6)18(16,17)8(7)10(14)15/h1-3H. The number of sulfonamides is 1. The van der Waals surface area contributed by atoms with Crippen molar-refractivity contribution < 1.29 is 23.2 Å². The molecular weight excluding hydrogens is 270 g/mol. The molecule has 0 unspecified atom stereocenters. The lowest BCUT2D eigenvalue weighted by molar-refractivity contribution is -0.597. The van der Waals surface area contributed by atoms with Gasteiger partial charge in [-0.1, -0.05) is 6.07 Å². The number of amides is 1. The van der Waals surface area contributed by atoms with Crippen LogP contribution in [0.2, 0.25) is 0 Å². The van der Waals surface area contributed by atoms with Gasteiger partial charge in [0.15, 0.2) is 5.03 Å². The number of carbonyl (C=O) groups is 1. The Morgan fingerprint density at radius 2 is 1.78 bits per heavy atom. The molecule has 0 atom stereocenters. The van der Waals surface area contributed by atoms with Crippen molar-refractivity contribution in [3.05, 3.63) is 44.0 Å². The lowest BCUT2D eigenvalue weighted by atomic mass is 10.2. The van der Waals surface area contributed by atoms with Crippen LogP contribution in [0.4, 0.5) is 5.69 Å². The van der Waals surface area contributed by atoms with Crippen LogP contribution < -0.4 is 0 Å². The van der Waals surface area contributed by atoms with Gasteiger partial charge in [0.25, 0.3) is 5.69 Å². The summed E-state index contributed by atoms with van der Waals surface area (Å²) >= 11 is 0. The molecule has 0 aromatic heterocycles. The van der Waals surface area contributed by atoms with E-state index in [4.69, 9.17) is 0 Å². The predicted octanol–water partition coefficient (Wildman–Crippen LogP) is -0.0690. The Balaban J connectivity index is 2.84. The maximum Gasteiger partial charge on any atom is 0.341 e. The van der Waals surface area contributed by atoms with Crippen LogP contribution in [0.15, 0.2) is 23.1 Å². The van der Waals surface area contributed by atoms with E-state index in [0.29, 0.717) is 0 Å². The average Bonchev–Trinajstić information content (AvgIpc) is 2.46. The number of hydrogen-bond acceptors (Lipinski definition) is 7. The molecule has 1 aliphatic heterocycles. The SMILES string of the molecule is O=C1c2c([N+](=O)[O-])cccc2S(=O)(=O)N1[N+](=O)[O-]. The lowest BCUT2D eigenvalue weighted by Crippen LogP contribution is -2.35. The number of rotatable bonds is 2. The monoisotopic (exact) mass is 273 g/mol. The van der Waals surface area contributed by atoms with Gasteiger partial charge in [-0.3, -0.25) is 14.9 Å². The average molecular weight is 273 g/mol. The molecule has 2 rings (SSSR count). The Labute approximate surface area is 98.7 Å². The molecule has 0 radical (unpaired) electrons. The number of fused-ring (bicyclic) bond motifs is 1. The molecule has 1 aromatic carbocycles.